The molecule has 0 atom stereocenters. The zero-order valence-electron chi connectivity index (χ0n) is 31.2. The first-order valence-electron chi connectivity index (χ1n) is 18.8. The number of piperidine rings is 2. The van der Waals surface area contributed by atoms with Gasteiger partial charge >= 0.3 is 5.97 Å². The Labute approximate surface area is 331 Å². The van der Waals surface area contributed by atoms with Crippen molar-refractivity contribution in [1.29, 1.82) is 0 Å². The average Bonchev–Trinajstić information content (AvgIpc) is 3.24. The Kier molecular flexibility index (Phi) is 11.7. The van der Waals surface area contributed by atoms with Gasteiger partial charge in [0.05, 0.1) is 12.5 Å². The van der Waals surface area contributed by atoms with Crippen LogP contribution >= 0.6 is 15.9 Å². The number of carbonyl (C=O) groups is 3. The molecule has 0 saturated carbocycles. The van der Waals surface area contributed by atoms with E-state index in [-0.39, 0.29) is 23.9 Å². The number of rotatable bonds is 10. The fraction of sp³-hybridized carbons (Fsp3) is 0.283. The van der Waals surface area contributed by atoms with Crippen LogP contribution in [0.15, 0.2) is 126 Å². The first-order valence-corrected chi connectivity index (χ1v) is 19.6. The van der Waals surface area contributed by atoms with Gasteiger partial charge in [-0.05, 0) is 103 Å². The summed E-state index contributed by atoms with van der Waals surface area (Å²) in [7, 11) is 1.42. The molecule has 0 bridgehead atoms. The van der Waals surface area contributed by atoms with Crippen LogP contribution in [0, 0.1) is 6.92 Å². The molecule has 2 aliphatic heterocycles. The van der Waals surface area contributed by atoms with Crippen LogP contribution in [-0.2, 0) is 21.6 Å². The highest BCUT2D eigenvalue weighted by Gasteiger charge is 2.45. The fourth-order valence-corrected chi connectivity index (χ4v) is 7.74. The molecular weight excluding hydrogens is 756 g/mol. The van der Waals surface area contributed by atoms with Crippen molar-refractivity contribution in [3.05, 3.63) is 154 Å². The van der Waals surface area contributed by atoms with Gasteiger partial charge in [0.15, 0.2) is 0 Å². The number of hydrogen-bond donors (Lipinski definition) is 0. The van der Waals surface area contributed by atoms with Gasteiger partial charge in [-0.3, -0.25) is 14.4 Å². The molecule has 2 saturated heterocycles. The zero-order chi connectivity index (χ0) is 38.4. The Morgan fingerprint density at radius 1 is 0.655 bits per heavy atom. The standard InChI is InChI=1S/C46H45BrN2O6/c1-32-3-7-36(8-4-32)43(50)48-27-23-42(24-28-48)55-41-19-5-33(6-20-41)31-54-40-21-13-35(14-22-40)34-9-11-37(12-10-34)44(51)49-29-25-46(26-30-49,45(52)53-2)38-15-17-39(47)18-16-38/h3-22,42H,23-31H2,1-2H3. The van der Waals surface area contributed by atoms with Crippen molar-refractivity contribution >= 4 is 33.7 Å². The SMILES string of the molecule is COC(=O)C1(c2ccc(Br)cc2)CCN(C(=O)c2ccc(-c3ccc(OCc4ccc(OC5CCN(C(=O)c6ccc(C)cc6)CC5)cc4)cc3)cc2)CC1. The van der Waals surface area contributed by atoms with Crippen LogP contribution in [0.25, 0.3) is 11.1 Å². The molecule has 0 aromatic heterocycles. The van der Waals surface area contributed by atoms with Gasteiger partial charge in [0.2, 0.25) is 0 Å². The monoisotopic (exact) mass is 800 g/mol. The lowest BCUT2D eigenvalue weighted by Crippen LogP contribution is -2.49. The van der Waals surface area contributed by atoms with Gasteiger partial charge in [0.25, 0.3) is 11.8 Å². The second kappa shape index (κ2) is 16.9. The quantitative estimate of drug-likeness (QED) is 0.131. The maximum absolute atomic E-state index is 13.5. The van der Waals surface area contributed by atoms with E-state index in [1.165, 1.54) is 7.11 Å². The van der Waals surface area contributed by atoms with Crippen molar-refractivity contribution in [2.24, 2.45) is 0 Å². The number of carbonyl (C=O) groups excluding carboxylic acids is 3. The van der Waals surface area contributed by atoms with Gasteiger partial charge in [-0.2, -0.15) is 0 Å². The molecule has 2 amide bonds. The topological polar surface area (TPSA) is 85.4 Å². The third-order valence-corrected chi connectivity index (χ3v) is 11.4. The largest absolute Gasteiger partial charge is 0.490 e. The number of nitrogens with zero attached hydrogens (tertiary/aromatic N) is 2. The van der Waals surface area contributed by atoms with Crippen LogP contribution in [0.1, 0.15) is 63.1 Å². The van der Waals surface area contributed by atoms with Crippen LogP contribution in [0.5, 0.6) is 11.5 Å². The maximum atomic E-state index is 13.5. The molecule has 55 heavy (non-hydrogen) atoms. The molecule has 2 fully saturated rings. The molecule has 2 aliphatic rings. The van der Waals surface area contributed by atoms with Crippen molar-refractivity contribution in [3.8, 4) is 22.6 Å². The molecule has 5 aromatic carbocycles. The minimum Gasteiger partial charge on any atom is -0.490 e. The summed E-state index contributed by atoms with van der Waals surface area (Å²) in [4.78, 5) is 43.0. The van der Waals surface area contributed by atoms with Gasteiger partial charge in [0.1, 0.15) is 24.2 Å². The van der Waals surface area contributed by atoms with E-state index in [9.17, 15) is 14.4 Å². The summed E-state index contributed by atoms with van der Waals surface area (Å²) in [5.41, 5.74) is 5.70. The van der Waals surface area contributed by atoms with Gasteiger partial charge in [0, 0.05) is 54.6 Å². The minimum absolute atomic E-state index is 0.0447. The van der Waals surface area contributed by atoms with E-state index in [2.05, 4.69) is 15.9 Å². The third kappa shape index (κ3) is 8.78. The molecule has 7 rings (SSSR count). The number of methoxy groups -OCH3 is 1. The third-order valence-electron chi connectivity index (χ3n) is 10.9. The lowest BCUT2D eigenvalue weighted by molar-refractivity contribution is -0.149. The summed E-state index contributed by atoms with van der Waals surface area (Å²) in [6, 6.07) is 39.1. The van der Waals surface area contributed by atoms with Crippen LogP contribution in [0.3, 0.4) is 0 Å². The van der Waals surface area contributed by atoms with Crippen molar-refractivity contribution < 1.29 is 28.6 Å². The second-order valence-electron chi connectivity index (χ2n) is 14.4. The van der Waals surface area contributed by atoms with Crippen LogP contribution in [0.2, 0.25) is 0 Å². The molecule has 0 radical (unpaired) electrons. The molecule has 2 heterocycles. The first kappa shape index (κ1) is 37.9. The number of esters is 1. The Morgan fingerprint density at radius 3 is 1.73 bits per heavy atom. The van der Waals surface area contributed by atoms with Gasteiger partial charge in [-0.25, -0.2) is 0 Å². The molecular formula is C46H45BrN2O6. The van der Waals surface area contributed by atoms with Crippen LogP contribution < -0.4 is 9.47 Å². The van der Waals surface area contributed by atoms with Gasteiger partial charge in [-0.15, -0.1) is 0 Å². The highest BCUT2D eigenvalue weighted by molar-refractivity contribution is 9.10. The smallest absolute Gasteiger partial charge is 0.316 e. The molecule has 9 heteroatoms. The number of ether oxygens (including phenoxy) is 3. The van der Waals surface area contributed by atoms with E-state index in [4.69, 9.17) is 14.2 Å². The summed E-state index contributed by atoms with van der Waals surface area (Å²) in [5, 5.41) is 0. The average molecular weight is 802 g/mol. The summed E-state index contributed by atoms with van der Waals surface area (Å²) in [5.74, 6) is 1.35. The minimum atomic E-state index is -0.766. The van der Waals surface area contributed by atoms with E-state index in [0.717, 1.165) is 62.2 Å². The number of amides is 2. The number of hydrogen-bond acceptors (Lipinski definition) is 6. The highest BCUT2D eigenvalue weighted by Crippen LogP contribution is 2.38. The summed E-state index contributed by atoms with van der Waals surface area (Å²) >= 11 is 3.47. The lowest BCUT2D eigenvalue weighted by atomic mass is 9.72. The van der Waals surface area contributed by atoms with Crippen molar-refractivity contribution in [3.63, 3.8) is 0 Å². The van der Waals surface area contributed by atoms with Gasteiger partial charge in [-0.1, -0.05) is 82.2 Å². The molecule has 0 unspecified atom stereocenters. The van der Waals surface area contributed by atoms with Crippen LogP contribution in [0.4, 0.5) is 0 Å². The Bertz CT molecular complexity index is 2080. The van der Waals surface area contributed by atoms with Crippen LogP contribution in [-0.4, -0.2) is 67.0 Å². The first-order chi connectivity index (χ1) is 26.7. The zero-order valence-corrected chi connectivity index (χ0v) is 32.8. The predicted molar refractivity (Wildman–Crippen MR) is 216 cm³/mol. The van der Waals surface area contributed by atoms with E-state index in [0.29, 0.717) is 51.2 Å². The maximum Gasteiger partial charge on any atom is 0.316 e. The molecule has 0 spiro atoms. The second-order valence-corrected chi connectivity index (χ2v) is 15.3. The van der Waals surface area contributed by atoms with Gasteiger partial charge < -0.3 is 24.0 Å². The molecule has 5 aromatic rings. The van der Waals surface area contributed by atoms with E-state index in [1.54, 1.807) is 0 Å². The van der Waals surface area contributed by atoms with E-state index in [1.807, 2.05) is 138 Å². The fourth-order valence-electron chi connectivity index (χ4n) is 7.48. The van der Waals surface area contributed by atoms with Crippen molar-refractivity contribution in [2.75, 3.05) is 33.3 Å². The highest BCUT2D eigenvalue weighted by atomic mass is 79.9. The van der Waals surface area contributed by atoms with Crippen molar-refractivity contribution in [2.45, 2.75) is 50.7 Å². The summed E-state index contributed by atoms with van der Waals surface area (Å²) < 4.78 is 18.5. The number of likely N-dealkylation sites (tertiary alicyclic amines) is 2. The molecule has 0 aliphatic carbocycles. The molecule has 282 valence electrons. The summed E-state index contributed by atoms with van der Waals surface area (Å²) in [6.45, 7) is 4.74. The molecule has 8 nitrogen and oxygen atoms in total. The lowest BCUT2D eigenvalue weighted by Gasteiger charge is -2.40. The van der Waals surface area contributed by atoms with E-state index >= 15 is 0 Å². The molecule has 0 N–H and O–H groups in total. The Hall–Kier alpha value is -5.41. The number of halogens is 1. The summed E-state index contributed by atoms with van der Waals surface area (Å²) in [6.07, 6.45) is 2.68. The Morgan fingerprint density at radius 2 is 1.16 bits per heavy atom. The number of aryl methyl sites for hydroxylation is 1. The normalized spacial score (nSPS) is 15.6. The van der Waals surface area contributed by atoms with E-state index < -0.39 is 5.41 Å². The number of benzene rings is 5. The van der Waals surface area contributed by atoms with Crippen molar-refractivity contribution in [1.82, 2.24) is 9.80 Å². The predicted octanol–water partition coefficient (Wildman–Crippen LogP) is 9.03. The Balaban J connectivity index is 0.867.